The molecule has 1 radical (unpaired) electrons. The summed E-state index contributed by atoms with van der Waals surface area (Å²) in [5, 5.41) is 16.1. The molecule has 3 aliphatic rings. The number of anilines is 1. The van der Waals surface area contributed by atoms with E-state index in [0.717, 1.165) is 11.1 Å². The molecule has 7 rings (SSSR count). The number of nitrogen functional groups attached to an aromatic ring is 1. The van der Waals surface area contributed by atoms with Crippen molar-refractivity contribution in [2.45, 2.75) is 76.6 Å². The molecule has 3 aliphatic carbocycles. The molecular weight excluding hydrogens is 765 g/mol. The van der Waals surface area contributed by atoms with E-state index in [0.29, 0.717) is 24.2 Å². The number of aromatic nitrogens is 2. The number of aliphatic hydroxyl groups excluding tert-OH is 1. The maximum atomic E-state index is 15.6. The van der Waals surface area contributed by atoms with Gasteiger partial charge in [-0.25, -0.2) is 0 Å². The van der Waals surface area contributed by atoms with E-state index in [1.54, 1.807) is 0 Å². The van der Waals surface area contributed by atoms with E-state index in [4.69, 9.17) is 24.2 Å². The summed E-state index contributed by atoms with van der Waals surface area (Å²) in [6, 6.07) is 18.5. The smallest absolute Gasteiger partial charge is 0.265 e. The van der Waals surface area contributed by atoms with Crippen LogP contribution in [0.2, 0.25) is 18.1 Å². The Labute approximate surface area is 336 Å². The Balaban J connectivity index is 0.00000481. The number of hydrogen-bond donors (Lipinski definition) is 2. The summed E-state index contributed by atoms with van der Waals surface area (Å²) in [6.07, 6.45) is 3.65. The van der Waals surface area contributed by atoms with Crippen molar-refractivity contribution in [1.29, 1.82) is 0 Å². The molecule has 1 saturated carbocycles. The number of carbonyl (C=O) groups is 2. The molecule has 0 unspecified atom stereocenters. The predicted molar refractivity (Wildman–Crippen MR) is 197 cm³/mol. The van der Waals surface area contributed by atoms with Gasteiger partial charge in [0.25, 0.3) is 5.88 Å². The van der Waals surface area contributed by atoms with E-state index < -0.39 is 43.4 Å². The first-order valence-electron chi connectivity index (χ1n) is 17.6. The number of benzene rings is 2. The number of aliphatic hydroxyl groups is 1. The largest absolute Gasteiger partial charge is 0.520 e. The van der Waals surface area contributed by atoms with E-state index in [2.05, 4.69) is 37.1 Å². The molecule has 0 spiro atoms. The van der Waals surface area contributed by atoms with Gasteiger partial charge in [-0.05, 0) is 72.8 Å². The van der Waals surface area contributed by atoms with Gasteiger partial charge in [-0.3, -0.25) is 14.5 Å². The van der Waals surface area contributed by atoms with Gasteiger partial charge in [0, 0.05) is 44.2 Å². The van der Waals surface area contributed by atoms with Crippen molar-refractivity contribution in [1.82, 2.24) is 15.0 Å². The van der Waals surface area contributed by atoms with Gasteiger partial charge in [0.15, 0.2) is 19.7 Å². The molecule has 275 valence electrons. The summed E-state index contributed by atoms with van der Waals surface area (Å²) in [5.41, 5.74) is 7.13. The molecule has 53 heavy (non-hydrogen) atoms. The third kappa shape index (κ3) is 6.60. The summed E-state index contributed by atoms with van der Waals surface area (Å²) in [7, 11) is 0.883. The molecule has 0 aliphatic heterocycles. The van der Waals surface area contributed by atoms with Crippen LogP contribution in [-0.2, 0) is 61.6 Å². The van der Waals surface area contributed by atoms with Crippen molar-refractivity contribution in [3.8, 4) is 11.6 Å². The van der Waals surface area contributed by atoms with Crippen LogP contribution in [0, 0.1) is 18.0 Å². The maximum absolute atomic E-state index is 15.6. The van der Waals surface area contributed by atoms with E-state index in [-0.39, 0.29) is 90.9 Å². The monoisotopic (exact) mass is 810 g/mol. The van der Waals surface area contributed by atoms with Gasteiger partial charge in [0.1, 0.15) is 18.8 Å². The molecule has 2 aromatic heterocycles. The zero-order valence-electron chi connectivity index (χ0n) is 31.2. The SMILES string of the molecule is CN(C)[C@@H]1c2onc(OCc3ccccc3)c2C(=O)[C@@]2(O[Si](C)(C)C(C)(C)C)C(=O)C3=C(O)c4c([c-]nc(N)c4OCc4ccccc4)C[C@H]3C[C@@H]12.[Y]. The van der Waals surface area contributed by atoms with Crippen molar-refractivity contribution >= 4 is 31.5 Å². The zero-order valence-corrected chi connectivity index (χ0v) is 35.1. The Morgan fingerprint density at radius 1 is 0.981 bits per heavy atom. The van der Waals surface area contributed by atoms with E-state index in [9.17, 15) is 5.11 Å². The van der Waals surface area contributed by atoms with Gasteiger partial charge in [-0.1, -0.05) is 87.6 Å². The van der Waals surface area contributed by atoms with Crippen LogP contribution in [0.15, 0.2) is 70.8 Å². The van der Waals surface area contributed by atoms with Crippen LogP contribution in [-0.4, -0.2) is 59.7 Å². The van der Waals surface area contributed by atoms with Crippen LogP contribution < -0.4 is 15.2 Å². The van der Waals surface area contributed by atoms with Gasteiger partial charge in [0.2, 0.25) is 11.6 Å². The Morgan fingerprint density at radius 2 is 1.58 bits per heavy atom. The molecule has 11 nitrogen and oxygen atoms in total. The number of ether oxygens (including phenoxy) is 2. The topological polar surface area (TPSA) is 150 Å². The second-order valence-corrected chi connectivity index (χ2v) is 20.5. The molecule has 2 aromatic carbocycles. The molecule has 3 N–H and O–H groups in total. The standard InChI is InChI=1S/C40H45N4O7Si.Y/c1-39(2,3)52(6,7)51-40-27(31(44(4)5)33-30(36(40)47)38(43-50-33)49-22-24-16-12-9-13-17-24)19-25-18-26-20-42-37(41)34(28(26)32(45)29(25)35(40)46)48-21-23-14-10-8-11-15-23;/h8-17,25,27,31,45H,18-19,21-22H2,1-7H3,(H2,41,42);/q-1;/t25-,27-,31-,40-;/m0./s1. The molecule has 4 atom stereocenters. The predicted octanol–water partition coefficient (Wildman–Crippen LogP) is 6.90. The molecule has 2 heterocycles. The molecule has 13 heteroatoms. The number of fused-ring (bicyclic) bond motifs is 4. The van der Waals surface area contributed by atoms with Crippen molar-refractivity contribution in [3.05, 3.63) is 106 Å². The van der Waals surface area contributed by atoms with Crippen LogP contribution in [0.1, 0.15) is 71.6 Å². The zero-order chi connectivity index (χ0) is 37.2. The molecule has 1 fully saturated rings. The third-order valence-corrected chi connectivity index (χ3v) is 15.6. The van der Waals surface area contributed by atoms with Crippen LogP contribution in [0.5, 0.6) is 11.6 Å². The van der Waals surface area contributed by atoms with Crippen LogP contribution in [0.4, 0.5) is 5.82 Å². The average Bonchev–Trinajstić information content (AvgIpc) is 3.52. The number of nitrogens with two attached hydrogens (primary N) is 1. The fourth-order valence-electron chi connectivity index (χ4n) is 7.62. The minimum Gasteiger partial charge on any atom is -0.520 e. The number of nitrogens with zero attached hydrogens (tertiary/aromatic N) is 3. The summed E-state index contributed by atoms with van der Waals surface area (Å²) >= 11 is 0. The molecule has 0 saturated heterocycles. The van der Waals surface area contributed by atoms with Gasteiger partial charge in [0.05, 0.1) is 23.4 Å². The van der Waals surface area contributed by atoms with E-state index in [1.807, 2.05) is 92.8 Å². The fraction of sp³-hybridized carbons (Fsp3) is 0.400. The minimum atomic E-state index is -2.88. The Kier molecular flexibility index (Phi) is 10.7. The second kappa shape index (κ2) is 14.5. The number of carbonyl (C=O) groups excluding carboxylic acids is 2. The van der Waals surface area contributed by atoms with Gasteiger partial charge in [-0.15, -0.1) is 5.56 Å². The number of hydrogen-bond acceptors (Lipinski definition) is 11. The van der Waals surface area contributed by atoms with Gasteiger partial charge < -0.3 is 34.2 Å². The van der Waals surface area contributed by atoms with Gasteiger partial charge >= 0.3 is 0 Å². The van der Waals surface area contributed by atoms with Crippen LogP contribution in [0.25, 0.3) is 5.76 Å². The van der Waals surface area contributed by atoms with Gasteiger partial charge in [-0.2, -0.15) is 0 Å². The quantitative estimate of drug-likeness (QED) is 0.103. The normalized spacial score (nSPS) is 22.4. The maximum Gasteiger partial charge on any atom is 0.265 e. The summed E-state index contributed by atoms with van der Waals surface area (Å²) in [5.74, 6) is -2.09. The van der Waals surface area contributed by atoms with Crippen molar-refractivity contribution in [3.63, 3.8) is 0 Å². The minimum absolute atomic E-state index is 0. The molecule has 0 bridgehead atoms. The number of rotatable bonds is 9. The second-order valence-electron chi connectivity index (χ2n) is 15.7. The van der Waals surface area contributed by atoms with Crippen LogP contribution in [0.3, 0.4) is 0 Å². The van der Waals surface area contributed by atoms with Crippen molar-refractivity contribution < 1.29 is 65.8 Å². The first-order chi connectivity index (χ1) is 24.7. The third-order valence-electron chi connectivity index (χ3n) is 11.2. The van der Waals surface area contributed by atoms with E-state index in [1.165, 1.54) is 0 Å². The first kappa shape index (κ1) is 39.0. The summed E-state index contributed by atoms with van der Waals surface area (Å²) < 4.78 is 25.5. The Hall–Kier alpha value is -3.68. The van der Waals surface area contributed by atoms with Crippen molar-refractivity contribution in [2.75, 3.05) is 19.8 Å². The van der Waals surface area contributed by atoms with Crippen molar-refractivity contribution in [2.24, 2.45) is 11.8 Å². The average molecular weight is 811 g/mol. The molecule has 4 aromatic rings. The fourth-order valence-corrected chi connectivity index (χ4v) is 9.07. The molecular formula is C40H45N4O7SiY-. The Morgan fingerprint density at radius 3 is 2.17 bits per heavy atom. The number of pyridine rings is 1. The molecule has 0 amide bonds. The Bertz CT molecular complexity index is 2060. The summed E-state index contributed by atoms with van der Waals surface area (Å²) in [4.78, 5) is 37.2. The number of Topliss-reactive ketones (excluding diaryl/α,β-unsaturated/α-hetero) is 2. The number of ketones is 2. The van der Waals surface area contributed by atoms with E-state index >= 15 is 9.59 Å². The first-order valence-corrected chi connectivity index (χ1v) is 20.5. The summed E-state index contributed by atoms with van der Waals surface area (Å²) in [6.45, 7) is 10.5. The van der Waals surface area contributed by atoms with Crippen LogP contribution >= 0.6 is 0 Å².